The Bertz CT molecular complexity index is 541. The first kappa shape index (κ1) is 13.5. The zero-order valence-corrected chi connectivity index (χ0v) is 10.2. The summed E-state index contributed by atoms with van der Waals surface area (Å²) in [6, 6.07) is 2.33. The Hall–Kier alpha value is -1.98. The van der Waals surface area contributed by atoms with Crippen molar-refractivity contribution in [3.63, 3.8) is 0 Å². The molecule has 1 aromatic rings. The molecule has 0 saturated heterocycles. The zero-order chi connectivity index (χ0) is 14.2. The third kappa shape index (κ3) is 2.43. The van der Waals surface area contributed by atoms with Crippen molar-refractivity contribution in [1.29, 1.82) is 0 Å². The number of nitrogens with one attached hydrogen (secondary N) is 1. The van der Waals surface area contributed by atoms with Crippen molar-refractivity contribution in [3.8, 4) is 0 Å². The van der Waals surface area contributed by atoms with E-state index < -0.39 is 35.0 Å². The van der Waals surface area contributed by atoms with Crippen molar-refractivity contribution in [1.82, 2.24) is 5.32 Å². The second kappa shape index (κ2) is 4.60. The number of amides is 1. The number of carboxylic acids is 1. The summed E-state index contributed by atoms with van der Waals surface area (Å²) in [6.07, 6.45) is 0.569. The van der Waals surface area contributed by atoms with Crippen molar-refractivity contribution < 1.29 is 23.5 Å². The van der Waals surface area contributed by atoms with Crippen molar-refractivity contribution in [3.05, 3.63) is 35.4 Å². The molecule has 1 saturated carbocycles. The number of benzene rings is 1. The van der Waals surface area contributed by atoms with Gasteiger partial charge in [0.15, 0.2) is 0 Å². The highest BCUT2D eigenvalue weighted by Gasteiger charge is 2.57. The van der Waals surface area contributed by atoms with Crippen LogP contribution in [0.25, 0.3) is 0 Å². The molecule has 19 heavy (non-hydrogen) atoms. The fourth-order valence-corrected chi connectivity index (χ4v) is 1.93. The van der Waals surface area contributed by atoms with Crippen molar-refractivity contribution in [2.75, 3.05) is 0 Å². The van der Waals surface area contributed by atoms with Gasteiger partial charge in [-0.05, 0) is 25.8 Å². The van der Waals surface area contributed by atoms with Gasteiger partial charge in [0.05, 0.1) is 6.04 Å². The van der Waals surface area contributed by atoms with Gasteiger partial charge in [-0.1, -0.05) is 6.07 Å². The molecule has 1 atom stereocenters. The Labute approximate surface area is 108 Å². The number of carboxylic acid groups (broad SMARTS) is 1. The van der Waals surface area contributed by atoms with Gasteiger partial charge in [0.2, 0.25) is 5.91 Å². The van der Waals surface area contributed by atoms with Crippen molar-refractivity contribution in [2.45, 2.75) is 25.8 Å². The lowest BCUT2D eigenvalue weighted by Crippen LogP contribution is -2.38. The third-order valence-electron chi connectivity index (χ3n) is 3.37. The maximum atomic E-state index is 13.5. The summed E-state index contributed by atoms with van der Waals surface area (Å²) in [6.45, 7) is 1.52. The molecule has 2 rings (SSSR count). The SMILES string of the molecule is CC(NC(=O)C1(C(=O)O)CC1)c1ccc(F)cc1F. The summed E-state index contributed by atoms with van der Waals surface area (Å²) in [5.41, 5.74) is -1.25. The van der Waals surface area contributed by atoms with Gasteiger partial charge in [0.1, 0.15) is 17.0 Å². The fourth-order valence-electron chi connectivity index (χ4n) is 1.93. The molecule has 6 heteroatoms. The van der Waals surface area contributed by atoms with Crippen molar-refractivity contribution in [2.24, 2.45) is 5.41 Å². The van der Waals surface area contributed by atoms with Crippen LogP contribution >= 0.6 is 0 Å². The van der Waals surface area contributed by atoms with Gasteiger partial charge in [-0.3, -0.25) is 9.59 Å². The van der Waals surface area contributed by atoms with Crippen molar-refractivity contribution >= 4 is 11.9 Å². The summed E-state index contributed by atoms with van der Waals surface area (Å²) >= 11 is 0. The first-order valence-electron chi connectivity index (χ1n) is 5.86. The molecule has 1 fully saturated rings. The molecular formula is C13H13F2NO3. The van der Waals surface area contributed by atoms with Gasteiger partial charge in [-0.2, -0.15) is 0 Å². The van der Waals surface area contributed by atoms with Crippen LogP contribution in [0.2, 0.25) is 0 Å². The molecule has 0 bridgehead atoms. The molecule has 0 spiro atoms. The summed E-state index contributed by atoms with van der Waals surface area (Å²) in [7, 11) is 0. The molecule has 0 heterocycles. The number of hydrogen-bond donors (Lipinski definition) is 2. The second-order valence-electron chi connectivity index (χ2n) is 4.75. The monoisotopic (exact) mass is 269 g/mol. The quantitative estimate of drug-likeness (QED) is 0.822. The van der Waals surface area contributed by atoms with E-state index in [0.29, 0.717) is 0 Å². The van der Waals surface area contributed by atoms with Gasteiger partial charge in [-0.15, -0.1) is 0 Å². The predicted molar refractivity (Wildman–Crippen MR) is 62.2 cm³/mol. The summed E-state index contributed by atoms with van der Waals surface area (Å²) < 4.78 is 26.3. The van der Waals surface area contributed by atoms with Gasteiger partial charge < -0.3 is 10.4 Å². The predicted octanol–water partition coefficient (Wildman–Crippen LogP) is 2.01. The van der Waals surface area contributed by atoms with E-state index >= 15 is 0 Å². The van der Waals surface area contributed by atoms with Crippen LogP contribution in [-0.4, -0.2) is 17.0 Å². The van der Waals surface area contributed by atoms with E-state index in [4.69, 9.17) is 5.11 Å². The highest BCUT2D eigenvalue weighted by Crippen LogP contribution is 2.46. The average molecular weight is 269 g/mol. The number of hydrogen-bond acceptors (Lipinski definition) is 2. The topological polar surface area (TPSA) is 66.4 Å². The second-order valence-corrected chi connectivity index (χ2v) is 4.75. The smallest absolute Gasteiger partial charge is 0.319 e. The number of rotatable bonds is 4. The Morgan fingerprint density at radius 1 is 1.37 bits per heavy atom. The number of aliphatic carboxylic acids is 1. The van der Waals surface area contributed by atoms with E-state index in [1.807, 2.05) is 0 Å². The largest absolute Gasteiger partial charge is 0.480 e. The molecule has 102 valence electrons. The number of halogens is 2. The van der Waals surface area contributed by atoms with E-state index in [0.717, 1.165) is 12.1 Å². The van der Waals surface area contributed by atoms with Gasteiger partial charge in [0, 0.05) is 11.6 Å². The van der Waals surface area contributed by atoms with E-state index in [2.05, 4.69) is 5.32 Å². The minimum absolute atomic E-state index is 0.121. The first-order chi connectivity index (χ1) is 8.86. The first-order valence-corrected chi connectivity index (χ1v) is 5.86. The molecule has 0 aliphatic heterocycles. The van der Waals surface area contributed by atoms with Crippen LogP contribution in [0.1, 0.15) is 31.4 Å². The van der Waals surface area contributed by atoms with E-state index in [9.17, 15) is 18.4 Å². The Morgan fingerprint density at radius 3 is 2.47 bits per heavy atom. The summed E-state index contributed by atoms with van der Waals surface area (Å²) in [5, 5.41) is 11.4. The molecule has 0 radical (unpaired) electrons. The minimum Gasteiger partial charge on any atom is -0.480 e. The molecule has 1 amide bonds. The highest BCUT2D eigenvalue weighted by atomic mass is 19.1. The zero-order valence-electron chi connectivity index (χ0n) is 10.2. The maximum absolute atomic E-state index is 13.5. The van der Waals surface area contributed by atoms with Crippen LogP contribution in [0.5, 0.6) is 0 Å². The molecule has 4 nitrogen and oxygen atoms in total. The van der Waals surface area contributed by atoms with Crippen LogP contribution in [0.4, 0.5) is 8.78 Å². The van der Waals surface area contributed by atoms with Crippen LogP contribution in [-0.2, 0) is 9.59 Å². The number of carbonyl (C=O) groups excluding carboxylic acids is 1. The Morgan fingerprint density at radius 2 is 2.00 bits per heavy atom. The standard InChI is InChI=1S/C13H13F2NO3/c1-7(9-3-2-8(14)6-10(9)15)16-11(17)13(4-5-13)12(18)19/h2-3,6-7H,4-5H2,1H3,(H,16,17)(H,18,19). The lowest BCUT2D eigenvalue weighted by Gasteiger charge is -2.18. The lowest BCUT2D eigenvalue weighted by molar-refractivity contribution is -0.149. The van der Waals surface area contributed by atoms with E-state index in [-0.39, 0.29) is 18.4 Å². The molecule has 1 aliphatic carbocycles. The van der Waals surface area contributed by atoms with Gasteiger partial charge >= 0.3 is 5.97 Å². The Balaban J connectivity index is 2.11. The minimum atomic E-state index is -1.37. The normalized spacial score (nSPS) is 17.6. The van der Waals surface area contributed by atoms with E-state index in [1.165, 1.54) is 13.0 Å². The molecular weight excluding hydrogens is 256 g/mol. The molecule has 1 unspecified atom stereocenters. The van der Waals surface area contributed by atoms with Crippen LogP contribution < -0.4 is 5.32 Å². The average Bonchev–Trinajstić information content (AvgIpc) is 3.09. The third-order valence-corrected chi connectivity index (χ3v) is 3.37. The summed E-state index contributed by atoms with van der Waals surface area (Å²) in [4.78, 5) is 22.8. The molecule has 1 aromatic carbocycles. The van der Waals surface area contributed by atoms with Gasteiger partial charge in [0.25, 0.3) is 0 Å². The fraction of sp³-hybridized carbons (Fsp3) is 0.385. The summed E-state index contributed by atoms with van der Waals surface area (Å²) in [5.74, 6) is -3.27. The highest BCUT2D eigenvalue weighted by molar-refractivity contribution is 6.04. The van der Waals surface area contributed by atoms with Crippen LogP contribution in [0.3, 0.4) is 0 Å². The number of carbonyl (C=O) groups is 2. The lowest BCUT2D eigenvalue weighted by atomic mass is 10.0. The maximum Gasteiger partial charge on any atom is 0.319 e. The van der Waals surface area contributed by atoms with Crippen LogP contribution in [0, 0.1) is 17.0 Å². The molecule has 0 aromatic heterocycles. The van der Waals surface area contributed by atoms with Crippen LogP contribution in [0.15, 0.2) is 18.2 Å². The van der Waals surface area contributed by atoms with E-state index in [1.54, 1.807) is 0 Å². The van der Waals surface area contributed by atoms with Gasteiger partial charge in [-0.25, -0.2) is 8.78 Å². The molecule has 1 aliphatic rings. The molecule has 2 N–H and O–H groups in total. The Kier molecular flexibility index (Phi) is 3.26.